The zero-order chi connectivity index (χ0) is 27.9. The maximum atomic E-state index is 13.9. The first kappa shape index (κ1) is 26.6. The van der Waals surface area contributed by atoms with Gasteiger partial charge in [0, 0.05) is 49.9 Å². The number of carbonyl (C=O) groups excluding carboxylic acids is 1. The van der Waals surface area contributed by atoms with Crippen molar-refractivity contribution in [1.29, 1.82) is 0 Å². The third kappa shape index (κ3) is 4.81. The van der Waals surface area contributed by atoms with Gasteiger partial charge in [0.15, 0.2) is 0 Å². The molecule has 3 aliphatic rings. The van der Waals surface area contributed by atoms with Crippen LogP contribution in [0.1, 0.15) is 43.7 Å². The number of ether oxygens (including phenoxy) is 1. The summed E-state index contributed by atoms with van der Waals surface area (Å²) in [6.45, 7) is 2.16. The number of carbonyl (C=O) groups is 1. The normalized spacial score (nSPS) is 24.5. The molecule has 212 valence electrons. The summed E-state index contributed by atoms with van der Waals surface area (Å²) in [5.74, 6) is -0.321. The van der Waals surface area contributed by atoms with Gasteiger partial charge in [-0.1, -0.05) is 25.0 Å². The molecule has 1 N–H and O–H groups in total. The van der Waals surface area contributed by atoms with Crippen molar-refractivity contribution in [1.82, 2.24) is 29.1 Å². The van der Waals surface area contributed by atoms with Crippen LogP contribution in [0, 0.1) is 11.2 Å². The second kappa shape index (κ2) is 10.4. The highest BCUT2D eigenvalue weighted by Gasteiger charge is 2.56. The molecule has 1 saturated carbocycles. The minimum atomic E-state index is -1.15. The number of hydrogen-bond acceptors (Lipinski definition) is 6. The summed E-state index contributed by atoms with van der Waals surface area (Å²) in [5.41, 5.74) is 0.234. The average Bonchev–Trinajstić information content (AvgIpc) is 3.62. The molecular formula is C29H35FN6O4. The molecule has 1 aliphatic carbocycles. The Morgan fingerprint density at radius 2 is 1.95 bits per heavy atom. The Morgan fingerprint density at radius 3 is 2.65 bits per heavy atom. The van der Waals surface area contributed by atoms with Gasteiger partial charge in [-0.2, -0.15) is 5.10 Å². The van der Waals surface area contributed by atoms with Crippen molar-refractivity contribution >= 4 is 6.03 Å². The van der Waals surface area contributed by atoms with E-state index in [1.807, 2.05) is 9.80 Å². The Bertz CT molecular complexity index is 1430. The number of aromatic nitrogens is 4. The fourth-order valence-electron chi connectivity index (χ4n) is 6.78. The predicted octanol–water partition coefficient (Wildman–Crippen LogP) is 2.97. The van der Waals surface area contributed by atoms with Crippen LogP contribution in [0.15, 0.2) is 53.8 Å². The average molecular weight is 551 g/mol. The molecule has 6 rings (SSSR count). The minimum absolute atomic E-state index is 0.0920. The van der Waals surface area contributed by atoms with Crippen LogP contribution < -0.4 is 5.56 Å². The highest BCUT2D eigenvalue weighted by molar-refractivity contribution is 5.75. The third-order valence-corrected chi connectivity index (χ3v) is 9.05. The molecule has 2 unspecified atom stereocenters. The summed E-state index contributed by atoms with van der Waals surface area (Å²) in [4.78, 5) is 35.1. The summed E-state index contributed by atoms with van der Waals surface area (Å²) in [5, 5.41) is 16.3. The van der Waals surface area contributed by atoms with E-state index in [0.29, 0.717) is 45.0 Å². The van der Waals surface area contributed by atoms with Gasteiger partial charge in [-0.05, 0) is 37.0 Å². The number of piperidine rings is 1. The third-order valence-electron chi connectivity index (χ3n) is 9.05. The molecule has 1 spiro atoms. The van der Waals surface area contributed by atoms with Gasteiger partial charge in [0.05, 0.1) is 49.6 Å². The van der Waals surface area contributed by atoms with Crippen LogP contribution in [0.5, 0.6) is 0 Å². The van der Waals surface area contributed by atoms with Crippen molar-refractivity contribution in [2.24, 2.45) is 12.5 Å². The number of urea groups is 1. The largest absolute Gasteiger partial charge is 0.387 e. The van der Waals surface area contributed by atoms with Crippen LogP contribution in [-0.2, 0) is 18.3 Å². The van der Waals surface area contributed by atoms with E-state index in [4.69, 9.17) is 4.74 Å². The maximum absolute atomic E-state index is 13.9. The molecular weight excluding hydrogens is 515 g/mol. The van der Waals surface area contributed by atoms with E-state index in [-0.39, 0.29) is 30.0 Å². The number of aliphatic hydroxyl groups is 1. The molecule has 2 atom stereocenters. The predicted molar refractivity (Wildman–Crippen MR) is 145 cm³/mol. The molecule has 1 aromatic carbocycles. The van der Waals surface area contributed by atoms with Gasteiger partial charge in [-0.3, -0.25) is 14.0 Å². The number of likely N-dealkylation sites (tertiary alicyclic amines) is 1. The number of amides is 2. The maximum Gasteiger partial charge on any atom is 0.320 e. The van der Waals surface area contributed by atoms with Gasteiger partial charge in [-0.25, -0.2) is 14.2 Å². The number of aryl methyl sites for hydroxylation is 1. The Labute approximate surface area is 232 Å². The zero-order valence-corrected chi connectivity index (χ0v) is 22.7. The van der Waals surface area contributed by atoms with Crippen LogP contribution in [0.2, 0.25) is 0 Å². The second-order valence-corrected chi connectivity index (χ2v) is 11.5. The van der Waals surface area contributed by atoms with E-state index in [0.717, 1.165) is 36.8 Å². The monoisotopic (exact) mass is 550 g/mol. The quantitative estimate of drug-likeness (QED) is 0.536. The lowest BCUT2D eigenvalue weighted by Crippen LogP contribution is -2.64. The Kier molecular flexibility index (Phi) is 6.95. The number of morpholine rings is 1. The summed E-state index contributed by atoms with van der Waals surface area (Å²) in [7, 11) is 1.81. The molecule has 3 fully saturated rings. The number of nitrogens with zero attached hydrogens (tertiary/aromatic N) is 6. The second-order valence-electron chi connectivity index (χ2n) is 11.5. The van der Waals surface area contributed by atoms with E-state index in [9.17, 15) is 19.1 Å². The summed E-state index contributed by atoms with van der Waals surface area (Å²) < 4.78 is 22.4. The molecule has 40 heavy (non-hydrogen) atoms. The van der Waals surface area contributed by atoms with Gasteiger partial charge in [0.25, 0.3) is 5.56 Å². The Balaban J connectivity index is 1.22. The van der Waals surface area contributed by atoms with Crippen molar-refractivity contribution in [2.75, 3.05) is 32.8 Å². The fraction of sp³-hybridized carbons (Fsp3) is 0.517. The lowest BCUT2D eigenvalue weighted by Gasteiger charge is -2.53. The molecule has 0 bridgehead atoms. The zero-order valence-electron chi connectivity index (χ0n) is 22.7. The first-order valence-corrected chi connectivity index (χ1v) is 13.9. The van der Waals surface area contributed by atoms with Crippen molar-refractivity contribution in [3.8, 4) is 11.3 Å². The lowest BCUT2D eigenvalue weighted by atomic mass is 9.66. The highest BCUT2D eigenvalue weighted by Crippen LogP contribution is 2.51. The van der Waals surface area contributed by atoms with Gasteiger partial charge in [0.1, 0.15) is 5.82 Å². The molecule has 2 aromatic heterocycles. The van der Waals surface area contributed by atoms with Crippen LogP contribution in [0.3, 0.4) is 0 Å². The van der Waals surface area contributed by atoms with Gasteiger partial charge in [0.2, 0.25) is 0 Å². The first-order valence-electron chi connectivity index (χ1n) is 13.9. The number of hydrogen-bond donors (Lipinski definition) is 1. The molecule has 2 saturated heterocycles. The number of halogens is 1. The SMILES string of the molecule is Cn1cc(-c2cc(=O)n(CC3(O)CCN(C(=O)N4CCOCC4c4ccc(F)cc4)CC34CCCC4)cn2)cn1. The molecule has 2 amide bonds. The minimum Gasteiger partial charge on any atom is -0.387 e. The summed E-state index contributed by atoms with van der Waals surface area (Å²) >= 11 is 0. The highest BCUT2D eigenvalue weighted by atomic mass is 19.1. The molecule has 0 radical (unpaired) electrons. The van der Waals surface area contributed by atoms with E-state index in [2.05, 4.69) is 10.1 Å². The molecule has 3 aromatic rings. The van der Waals surface area contributed by atoms with E-state index < -0.39 is 11.0 Å². The van der Waals surface area contributed by atoms with Gasteiger partial charge in [-0.15, -0.1) is 0 Å². The fourth-order valence-corrected chi connectivity index (χ4v) is 6.78. The van der Waals surface area contributed by atoms with Crippen molar-refractivity contribution in [3.05, 3.63) is 70.8 Å². The molecule has 11 heteroatoms. The topological polar surface area (TPSA) is 106 Å². The van der Waals surface area contributed by atoms with Gasteiger partial charge >= 0.3 is 6.03 Å². The molecule has 4 heterocycles. The van der Waals surface area contributed by atoms with E-state index in [1.54, 1.807) is 36.3 Å². The van der Waals surface area contributed by atoms with Crippen molar-refractivity contribution in [3.63, 3.8) is 0 Å². The Hall–Kier alpha value is -3.57. The van der Waals surface area contributed by atoms with Crippen molar-refractivity contribution in [2.45, 2.75) is 50.3 Å². The Morgan fingerprint density at radius 1 is 1.18 bits per heavy atom. The van der Waals surface area contributed by atoms with E-state index >= 15 is 0 Å². The number of benzene rings is 1. The van der Waals surface area contributed by atoms with Crippen LogP contribution >= 0.6 is 0 Å². The van der Waals surface area contributed by atoms with Crippen LogP contribution in [0.25, 0.3) is 11.3 Å². The number of rotatable bonds is 4. The molecule has 10 nitrogen and oxygen atoms in total. The first-order chi connectivity index (χ1) is 19.3. The van der Waals surface area contributed by atoms with Crippen LogP contribution in [-0.4, -0.2) is 78.7 Å². The van der Waals surface area contributed by atoms with Gasteiger partial charge < -0.3 is 19.6 Å². The smallest absolute Gasteiger partial charge is 0.320 e. The van der Waals surface area contributed by atoms with E-state index in [1.165, 1.54) is 29.1 Å². The molecule has 2 aliphatic heterocycles. The summed E-state index contributed by atoms with van der Waals surface area (Å²) in [6.07, 6.45) is 8.83. The standard InChI is InChI=1S/C29H35FN6O4/c1-33-16-22(15-32-33)24-14-26(37)35(20-31-24)19-29(39)10-11-34(18-28(29)8-2-3-9-28)27(38)36-12-13-40-17-25(36)21-4-6-23(30)7-5-21/h4-7,14-16,20,25,39H,2-3,8-13,17-19H2,1H3. The summed E-state index contributed by atoms with van der Waals surface area (Å²) in [6, 6.07) is 7.30. The lowest BCUT2D eigenvalue weighted by molar-refractivity contribution is -0.137. The van der Waals surface area contributed by atoms with Crippen LogP contribution in [0.4, 0.5) is 9.18 Å². The van der Waals surface area contributed by atoms with Crippen molar-refractivity contribution < 1.29 is 19.0 Å².